The van der Waals surface area contributed by atoms with Crippen LogP contribution in [0.5, 0.6) is 0 Å². The Kier molecular flexibility index (Phi) is 7.04. The highest BCUT2D eigenvalue weighted by Crippen LogP contribution is 2.31. The first-order valence-electron chi connectivity index (χ1n) is 11.9. The maximum absolute atomic E-state index is 11.8. The lowest BCUT2D eigenvalue weighted by atomic mass is 9.86. The van der Waals surface area contributed by atoms with Gasteiger partial charge in [0, 0.05) is 22.3 Å². The monoisotopic (exact) mass is 496 g/mol. The van der Waals surface area contributed by atoms with Crippen molar-refractivity contribution in [3.63, 3.8) is 0 Å². The second-order valence-corrected chi connectivity index (χ2v) is 9.46. The Balaban J connectivity index is 1.57. The minimum atomic E-state index is -1.48. The van der Waals surface area contributed by atoms with E-state index in [1.807, 2.05) is 133 Å². The summed E-state index contributed by atoms with van der Waals surface area (Å²) >= 11 is 1.45. The molecule has 3 heteroatoms. The summed E-state index contributed by atoms with van der Waals surface area (Å²) in [5.74, 6) is 12.6. The van der Waals surface area contributed by atoms with Gasteiger partial charge in [-0.05, 0) is 11.4 Å². The number of hydrogen-bond donors (Lipinski definition) is 2. The first-order valence-corrected chi connectivity index (χ1v) is 12.8. The van der Waals surface area contributed by atoms with Gasteiger partial charge in [0.25, 0.3) is 0 Å². The van der Waals surface area contributed by atoms with E-state index in [2.05, 4.69) is 23.7 Å². The summed E-state index contributed by atoms with van der Waals surface area (Å²) in [6, 6.07) is 39.6. The second kappa shape index (κ2) is 10.7. The highest BCUT2D eigenvalue weighted by Gasteiger charge is 2.30. The van der Waals surface area contributed by atoms with Crippen LogP contribution in [0.3, 0.4) is 0 Å². The van der Waals surface area contributed by atoms with Crippen molar-refractivity contribution < 1.29 is 10.2 Å². The van der Waals surface area contributed by atoms with Crippen LogP contribution < -0.4 is 0 Å². The van der Waals surface area contributed by atoms with Gasteiger partial charge in [-0.25, -0.2) is 0 Å². The van der Waals surface area contributed by atoms with Crippen LogP contribution >= 0.6 is 11.3 Å². The lowest BCUT2D eigenvalue weighted by Gasteiger charge is -2.23. The molecule has 0 unspecified atom stereocenters. The number of aliphatic hydroxyl groups is 2. The molecule has 0 saturated heterocycles. The van der Waals surface area contributed by atoms with E-state index in [0.29, 0.717) is 27.8 Å². The van der Waals surface area contributed by atoms with Gasteiger partial charge < -0.3 is 10.2 Å². The Morgan fingerprint density at radius 1 is 0.459 bits per heavy atom. The molecule has 0 amide bonds. The topological polar surface area (TPSA) is 40.5 Å². The fourth-order valence-corrected chi connectivity index (χ4v) is 4.85. The molecule has 0 spiro atoms. The van der Waals surface area contributed by atoms with Crippen molar-refractivity contribution in [2.24, 2.45) is 0 Å². The molecule has 37 heavy (non-hydrogen) atoms. The third kappa shape index (κ3) is 5.12. The van der Waals surface area contributed by atoms with Crippen molar-refractivity contribution in [2.45, 2.75) is 11.2 Å². The fourth-order valence-electron chi connectivity index (χ4n) is 4.15. The summed E-state index contributed by atoms with van der Waals surface area (Å²) in [6.07, 6.45) is 0. The summed E-state index contributed by atoms with van der Waals surface area (Å²) in [6.45, 7) is 0. The molecule has 0 aliphatic rings. The van der Waals surface area contributed by atoms with Crippen molar-refractivity contribution in [3.8, 4) is 23.7 Å². The van der Waals surface area contributed by atoms with Gasteiger partial charge in [-0.15, -0.1) is 11.3 Å². The Labute approximate surface area is 221 Å². The fraction of sp³-hybridized carbons (Fsp3) is 0.0588. The Bertz CT molecular complexity index is 1380. The third-order valence-electron chi connectivity index (χ3n) is 6.17. The zero-order valence-corrected chi connectivity index (χ0v) is 20.8. The lowest BCUT2D eigenvalue weighted by Crippen LogP contribution is -2.25. The van der Waals surface area contributed by atoms with E-state index in [0.717, 1.165) is 4.88 Å². The first kappa shape index (κ1) is 24.3. The molecule has 2 N–H and O–H groups in total. The summed E-state index contributed by atoms with van der Waals surface area (Å²) in [5.41, 5.74) is 0.515. The molecule has 1 heterocycles. The second-order valence-electron chi connectivity index (χ2n) is 8.55. The van der Waals surface area contributed by atoms with Crippen molar-refractivity contribution >= 4 is 11.3 Å². The minimum Gasteiger partial charge on any atom is -0.369 e. The summed E-state index contributed by atoms with van der Waals surface area (Å²) in [4.78, 5) is 0.723. The highest BCUT2D eigenvalue weighted by molar-refractivity contribution is 7.10. The molecule has 5 rings (SSSR count). The molecular formula is C34H24O2S. The number of thiophene rings is 1. The van der Waals surface area contributed by atoms with Crippen molar-refractivity contribution in [3.05, 3.63) is 165 Å². The van der Waals surface area contributed by atoms with Crippen LogP contribution in [0, 0.1) is 23.7 Å². The minimum absolute atomic E-state index is 0.694. The number of rotatable bonds is 4. The molecule has 0 aliphatic heterocycles. The van der Waals surface area contributed by atoms with Crippen LogP contribution in [-0.4, -0.2) is 10.2 Å². The molecule has 2 nitrogen and oxygen atoms in total. The van der Waals surface area contributed by atoms with E-state index in [4.69, 9.17) is 0 Å². The quantitative estimate of drug-likeness (QED) is 0.286. The van der Waals surface area contributed by atoms with E-state index in [1.165, 1.54) is 11.3 Å². The van der Waals surface area contributed by atoms with E-state index in [-0.39, 0.29) is 0 Å². The van der Waals surface area contributed by atoms with Crippen LogP contribution in [0.4, 0.5) is 0 Å². The van der Waals surface area contributed by atoms with E-state index < -0.39 is 11.2 Å². The first-order chi connectivity index (χ1) is 18.1. The van der Waals surface area contributed by atoms with Gasteiger partial charge in [-0.1, -0.05) is 145 Å². The Morgan fingerprint density at radius 3 is 1.19 bits per heavy atom. The maximum Gasteiger partial charge on any atom is 0.177 e. The predicted molar refractivity (Wildman–Crippen MR) is 150 cm³/mol. The molecule has 178 valence electrons. The molecule has 0 bridgehead atoms. The largest absolute Gasteiger partial charge is 0.369 e. The Hall–Kier alpha value is -4.38. The van der Waals surface area contributed by atoms with Gasteiger partial charge in [-0.2, -0.15) is 0 Å². The molecule has 0 radical (unpaired) electrons. The zero-order chi connectivity index (χ0) is 25.6. The molecule has 0 saturated carbocycles. The summed E-state index contributed by atoms with van der Waals surface area (Å²) in [7, 11) is 0. The zero-order valence-electron chi connectivity index (χ0n) is 20.0. The van der Waals surface area contributed by atoms with Gasteiger partial charge in [0.2, 0.25) is 0 Å². The summed E-state index contributed by atoms with van der Waals surface area (Å²) < 4.78 is 0. The van der Waals surface area contributed by atoms with E-state index >= 15 is 0 Å². The molecular weight excluding hydrogens is 472 g/mol. The normalized spacial score (nSPS) is 11.1. The third-order valence-corrected chi connectivity index (χ3v) is 7.00. The number of benzene rings is 4. The molecule has 0 aliphatic carbocycles. The molecule has 0 atom stereocenters. The van der Waals surface area contributed by atoms with Gasteiger partial charge in [0.05, 0.1) is 10.4 Å². The average Bonchev–Trinajstić information content (AvgIpc) is 3.44. The standard InChI is InChI=1S/C34H24O2S/c35-33(28-13-5-1-6-14-28,29-15-7-2-8-16-29)24-21-27-23-26-37-32(27)22-25-34(36,30-17-9-3-10-18-30)31-19-11-4-12-20-31/h1-20,23,26,35-36H. The van der Waals surface area contributed by atoms with Gasteiger partial charge in [0.1, 0.15) is 0 Å². The molecule has 4 aromatic carbocycles. The van der Waals surface area contributed by atoms with Gasteiger partial charge in [-0.3, -0.25) is 0 Å². The van der Waals surface area contributed by atoms with Crippen LogP contribution in [0.15, 0.2) is 133 Å². The van der Waals surface area contributed by atoms with Gasteiger partial charge in [0.15, 0.2) is 11.2 Å². The van der Waals surface area contributed by atoms with Gasteiger partial charge >= 0.3 is 0 Å². The van der Waals surface area contributed by atoms with Crippen molar-refractivity contribution in [2.75, 3.05) is 0 Å². The van der Waals surface area contributed by atoms with Crippen molar-refractivity contribution in [1.29, 1.82) is 0 Å². The smallest absolute Gasteiger partial charge is 0.177 e. The highest BCUT2D eigenvalue weighted by atomic mass is 32.1. The van der Waals surface area contributed by atoms with Crippen LogP contribution in [0.2, 0.25) is 0 Å². The molecule has 0 fully saturated rings. The summed E-state index contributed by atoms with van der Waals surface area (Å²) in [5, 5.41) is 25.4. The predicted octanol–water partition coefficient (Wildman–Crippen LogP) is 6.32. The van der Waals surface area contributed by atoms with Crippen LogP contribution in [0.1, 0.15) is 32.7 Å². The Morgan fingerprint density at radius 2 is 0.811 bits per heavy atom. The number of hydrogen-bond acceptors (Lipinski definition) is 3. The SMILES string of the molecule is OC(C#Cc1ccsc1C#CC(O)(c1ccccc1)c1ccccc1)(c1ccccc1)c1ccccc1. The van der Waals surface area contributed by atoms with E-state index in [9.17, 15) is 10.2 Å². The molecule has 1 aromatic heterocycles. The van der Waals surface area contributed by atoms with Crippen LogP contribution in [0.25, 0.3) is 0 Å². The average molecular weight is 497 g/mol. The lowest BCUT2D eigenvalue weighted by molar-refractivity contribution is 0.145. The van der Waals surface area contributed by atoms with E-state index in [1.54, 1.807) is 0 Å². The van der Waals surface area contributed by atoms with Crippen molar-refractivity contribution in [1.82, 2.24) is 0 Å². The molecule has 5 aromatic rings. The maximum atomic E-state index is 11.8. The van der Waals surface area contributed by atoms with Crippen LogP contribution in [-0.2, 0) is 11.2 Å².